The van der Waals surface area contributed by atoms with Crippen LogP contribution in [0, 0.1) is 25.6 Å². The number of H-pyrrole nitrogens is 1. The molecule has 0 aromatic carbocycles. The third-order valence-electron chi connectivity index (χ3n) is 3.95. The molecule has 1 aliphatic heterocycles. The van der Waals surface area contributed by atoms with E-state index in [1.54, 1.807) is 20.0 Å². The SMILES string of the molecule is Cc1nc(C)c(F)c(NC[C@@H]2CCCO[C@H]2c2cn[nH]c2)n1. The van der Waals surface area contributed by atoms with Crippen molar-refractivity contribution in [3.8, 4) is 0 Å². The third-order valence-corrected chi connectivity index (χ3v) is 3.95. The fourth-order valence-corrected chi connectivity index (χ4v) is 2.88. The maximum atomic E-state index is 14.1. The molecule has 2 atom stereocenters. The van der Waals surface area contributed by atoms with Gasteiger partial charge in [-0.05, 0) is 26.7 Å². The molecule has 118 valence electrons. The first-order valence-electron chi connectivity index (χ1n) is 7.50. The molecule has 0 bridgehead atoms. The van der Waals surface area contributed by atoms with E-state index < -0.39 is 0 Å². The van der Waals surface area contributed by atoms with Gasteiger partial charge in [0.2, 0.25) is 0 Å². The normalized spacial score (nSPS) is 21.8. The van der Waals surface area contributed by atoms with Gasteiger partial charge >= 0.3 is 0 Å². The average Bonchev–Trinajstić information content (AvgIpc) is 3.04. The van der Waals surface area contributed by atoms with Crippen LogP contribution in [-0.4, -0.2) is 33.3 Å². The second-order valence-electron chi connectivity index (χ2n) is 5.63. The van der Waals surface area contributed by atoms with E-state index in [0.29, 0.717) is 18.1 Å². The van der Waals surface area contributed by atoms with Crippen molar-refractivity contribution in [2.75, 3.05) is 18.5 Å². The number of aromatic nitrogens is 4. The molecule has 0 saturated carbocycles. The quantitative estimate of drug-likeness (QED) is 0.908. The van der Waals surface area contributed by atoms with Gasteiger partial charge in [-0.1, -0.05) is 0 Å². The number of nitrogens with zero attached hydrogens (tertiary/aromatic N) is 3. The van der Waals surface area contributed by atoms with Crippen molar-refractivity contribution >= 4 is 5.82 Å². The Kier molecular flexibility index (Phi) is 4.33. The lowest BCUT2D eigenvalue weighted by atomic mass is 9.91. The summed E-state index contributed by atoms with van der Waals surface area (Å²) in [6.07, 6.45) is 5.64. The molecule has 6 nitrogen and oxygen atoms in total. The highest BCUT2D eigenvalue weighted by atomic mass is 19.1. The summed E-state index contributed by atoms with van der Waals surface area (Å²) >= 11 is 0. The molecule has 0 unspecified atom stereocenters. The minimum Gasteiger partial charge on any atom is -0.373 e. The lowest BCUT2D eigenvalue weighted by molar-refractivity contribution is -0.0238. The molecule has 3 rings (SSSR count). The first-order valence-corrected chi connectivity index (χ1v) is 7.50. The number of aryl methyl sites for hydroxylation is 2. The third kappa shape index (κ3) is 3.09. The smallest absolute Gasteiger partial charge is 0.186 e. The molecule has 3 heterocycles. The maximum Gasteiger partial charge on any atom is 0.186 e. The molecule has 0 amide bonds. The van der Waals surface area contributed by atoms with Crippen molar-refractivity contribution in [1.82, 2.24) is 20.2 Å². The van der Waals surface area contributed by atoms with E-state index in [9.17, 15) is 4.39 Å². The molecule has 0 aliphatic carbocycles. The topological polar surface area (TPSA) is 75.7 Å². The fourth-order valence-electron chi connectivity index (χ4n) is 2.88. The van der Waals surface area contributed by atoms with E-state index in [1.807, 2.05) is 6.20 Å². The Morgan fingerprint density at radius 2 is 2.27 bits per heavy atom. The van der Waals surface area contributed by atoms with Crippen LogP contribution < -0.4 is 5.32 Å². The number of aromatic amines is 1. The molecule has 0 radical (unpaired) electrons. The minimum absolute atomic E-state index is 0.0212. The zero-order valence-corrected chi connectivity index (χ0v) is 12.8. The first kappa shape index (κ1) is 14.9. The van der Waals surface area contributed by atoms with E-state index in [-0.39, 0.29) is 23.7 Å². The molecular formula is C15H20FN5O. The molecule has 2 aromatic heterocycles. The summed E-state index contributed by atoms with van der Waals surface area (Å²) in [5, 5.41) is 9.92. The number of hydrogen-bond donors (Lipinski definition) is 2. The summed E-state index contributed by atoms with van der Waals surface area (Å²) < 4.78 is 19.9. The molecule has 1 saturated heterocycles. The summed E-state index contributed by atoms with van der Waals surface area (Å²) in [7, 11) is 0. The van der Waals surface area contributed by atoms with E-state index in [2.05, 4.69) is 25.5 Å². The summed E-state index contributed by atoms with van der Waals surface area (Å²) in [4.78, 5) is 8.17. The number of halogens is 1. The Hall–Kier alpha value is -2.02. The zero-order valence-electron chi connectivity index (χ0n) is 12.8. The standard InChI is InChI=1S/C15H20FN5O/c1-9-13(16)15(21-10(2)20-9)17-6-11-4-3-5-22-14(11)12-7-18-19-8-12/h7-8,11,14H,3-6H2,1-2H3,(H,18,19)(H,17,20,21)/t11-,14+/m0/s1. The summed E-state index contributed by atoms with van der Waals surface area (Å²) in [6, 6.07) is 0. The minimum atomic E-state index is -0.387. The van der Waals surface area contributed by atoms with Gasteiger partial charge in [-0.2, -0.15) is 5.10 Å². The highest BCUT2D eigenvalue weighted by Gasteiger charge is 2.28. The van der Waals surface area contributed by atoms with Crippen LogP contribution in [0.25, 0.3) is 0 Å². The summed E-state index contributed by atoms with van der Waals surface area (Å²) in [5.74, 6) is 0.692. The van der Waals surface area contributed by atoms with Gasteiger partial charge in [0.25, 0.3) is 0 Å². The number of ether oxygens (including phenoxy) is 1. The van der Waals surface area contributed by atoms with Gasteiger partial charge in [0.05, 0.1) is 18.0 Å². The van der Waals surface area contributed by atoms with Gasteiger partial charge in [-0.25, -0.2) is 14.4 Å². The van der Waals surface area contributed by atoms with Gasteiger partial charge in [-0.15, -0.1) is 0 Å². The van der Waals surface area contributed by atoms with Crippen LogP contribution in [-0.2, 0) is 4.74 Å². The summed E-state index contributed by atoms with van der Waals surface area (Å²) in [5.41, 5.74) is 1.39. The van der Waals surface area contributed by atoms with E-state index in [4.69, 9.17) is 4.74 Å². The van der Waals surface area contributed by atoms with Crippen molar-refractivity contribution in [3.63, 3.8) is 0 Å². The molecule has 1 aliphatic rings. The second kappa shape index (κ2) is 6.39. The number of rotatable bonds is 4. The molecule has 7 heteroatoms. The number of hydrogen-bond acceptors (Lipinski definition) is 5. The second-order valence-corrected chi connectivity index (χ2v) is 5.63. The molecule has 2 aromatic rings. The van der Waals surface area contributed by atoms with Crippen LogP contribution in [0.4, 0.5) is 10.2 Å². The summed E-state index contributed by atoms with van der Waals surface area (Å²) in [6.45, 7) is 4.75. The van der Waals surface area contributed by atoms with Crippen LogP contribution in [0.15, 0.2) is 12.4 Å². The molecule has 1 fully saturated rings. The van der Waals surface area contributed by atoms with Gasteiger partial charge in [0, 0.05) is 30.8 Å². The van der Waals surface area contributed by atoms with Crippen LogP contribution >= 0.6 is 0 Å². The number of anilines is 1. The molecule has 22 heavy (non-hydrogen) atoms. The first-order chi connectivity index (χ1) is 10.6. The molecular weight excluding hydrogens is 285 g/mol. The highest BCUT2D eigenvalue weighted by molar-refractivity contribution is 5.38. The van der Waals surface area contributed by atoms with Crippen molar-refractivity contribution in [2.45, 2.75) is 32.8 Å². The largest absolute Gasteiger partial charge is 0.373 e. The van der Waals surface area contributed by atoms with Crippen molar-refractivity contribution in [3.05, 3.63) is 35.3 Å². The fraction of sp³-hybridized carbons (Fsp3) is 0.533. The van der Waals surface area contributed by atoms with Crippen LogP contribution in [0.1, 0.15) is 36.0 Å². The van der Waals surface area contributed by atoms with Gasteiger partial charge in [-0.3, -0.25) is 5.10 Å². The lowest BCUT2D eigenvalue weighted by Crippen LogP contribution is -2.28. The van der Waals surface area contributed by atoms with Crippen LogP contribution in [0.5, 0.6) is 0 Å². The Morgan fingerprint density at radius 1 is 1.41 bits per heavy atom. The van der Waals surface area contributed by atoms with E-state index in [0.717, 1.165) is 25.0 Å². The lowest BCUT2D eigenvalue weighted by Gasteiger charge is -2.31. The Balaban J connectivity index is 1.72. The highest BCUT2D eigenvalue weighted by Crippen LogP contribution is 2.33. The molecule has 2 N–H and O–H groups in total. The number of nitrogens with one attached hydrogen (secondary N) is 2. The Labute approximate surface area is 128 Å². The predicted octanol–water partition coefficient (Wildman–Crippen LogP) is 2.54. The predicted molar refractivity (Wildman–Crippen MR) is 80.0 cm³/mol. The monoisotopic (exact) mass is 305 g/mol. The van der Waals surface area contributed by atoms with E-state index in [1.165, 1.54) is 0 Å². The zero-order chi connectivity index (χ0) is 15.5. The van der Waals surface area contributed by atoms with Crippen molar-refractivity contribution < 1.29 is 9.13 Å². The maximum absolute atomic E-state index is 14.1. The van der Waals surface area contributed by atoms with Gasteiger partial charge in [0.15, 0.2) is 11.6 Å². The van der Waals surface area contributed by atoms with Gasteiger partial charge in [0.1, 0.15) is 5.82 Å². The van der Waals surface area contributed by atoms with Crippen LogP contribution in [0.2, 0.25) is 0 Å². The van der Waals surface area contributed by atoms with E-state index >= 15 is 0 Å². The van der Waals surface area contributed by atoms with Crippen molar-refractivity contribution in [1.29, 1.82) is 0 Å². The van der Waals surface area contributed by atoms with Crippen LogP contribution in [0.3, 0.4) is 0 Å². The Morgan fingerprint density at radius 3 is 3.05 bits per heavy atom. The van der Waals surface area contributed by atoms with Gasteiger partial charge < -0.3 is 10.1 Å². The Bertz CT molecular complexity index is 631. The molecule has 0 spiro atoms. The van der Waals surface area contributed by atoms with Crippen molar-refractivity contribution in [2.24, 2.45) is 5.92 Å². The average molecular weight is 305 g/mol.